The predicted molar refractivity (Wildman–Crippen MR) is 94.7 cm³/mol. The summed E-state index contributed by atoms with van der Waals surface area (Å²) in [5, 5.41) is 3.64. The summed E-state index contributed by atoms with van der Waals surface area (Å²) in [6.07, 6.45) is 1.13. The standard InChI is InChI=1S/C18H32N2O3/c1-13(2)8-15(12-20(3)4)19-11-14-9-17(22-6)18(23-7)10-16(14)21-5/h9-10,13,15,19H,8,11-12H2,1-7H3. The molecule has 132 valence electrons. The largest absolute Gasteiger partial charge is 0.496 e. The first-order valence-corrected chi connectivity index (χ1v) is 8.08. The van der Waals surface area contributed by atoms with E-state index in [2.05, 4.69) is 38.2 Å². The van der Waals surface area contributed by atoms with E-state index >= 15 is 0 Å². The highest BCUT2D eigenvalue weighted by Crippen LogP contribution is 2.34. The van der Waals surface area contributed by atoms with E-state index in [1.54, 1.807) is 21.3 Å². The third-order valence-electron chi connectivity index (χ3n) is 3.71. The van der Waals surface area contributed by atoms with Crippen molar-refractivity contribution in [1.82, 2.24) is 10.2 Å². The van der Waals surface area contributed by atoms with Gasteiger partial charge in [-0.1, -0.05) is 13.8 Å². The second kappa shape index (κ2) is 9.63. The Hall–Kier alpha value is -1.46. The van der Waals surface area contributed by atoms with Crippen molar-refractivity contribution in [2.24, 2.45) is 5.92 Å². The third-order valence-corrected chi connectivity index (χ3v) is 3.71. The van der Waals surface area contributed by atoms with E-state index in [1.807, 2.05) is 12.1 Å². The van der Waals surface area contributed by atoms with Crippen molar-refractivity contribution >= 4 is 0 Å². The molecule has 0 radical (unpaired) electrons. The lowest BCUT2D eigenvalue weighted by Gasteiger charge is -2.24. The summed E-state index contributed by atoms with van der Waals surface area (Å²) in [5.74, 6) is 2.86. The minimum absolute atomic E-state index is 0.433. The van der Waals surface area contributed by atoms with Gasteiger partial charge in [-0.25, -0.2) is 0 Å². The molecule has 0 aliphatic heterocycles. The van der Waals surface area contributed by atoms with Crippen molar-refractivity contribution in [3.05, 3.63) is 17.7 Å². The molecule has 1 rings (SSSR count). The van der Waals surface area contributed by atoms with Gasteiger partial charge in [0.25, 0.3) is 0 Å². The highest BCUT2D eigenvalue weighted by atomic mass is 16.5. The Morgan fingerprint density at radius 3 is 2.00 bits per heavy atom. The number of likely N-dealkylation sites (N-methyl/N-ethyl adjacent to an activating group) is 1. The monoisotopic (exact) mass is 324 g/mol. The maximum Gasteiger partial charge on any atom is 0.164 e. The smallest absolute Gasteiger partial charge is 0.164 e. The number of benzene rings is 1. The van der Waals surface area contributed by atoms with Gasteiger partial charge in [0.05, 0.1) is 21.3 Å². The van der Waals surface area contributed by atoms with Gasteiger partial charge in [0.2, 0.25) is 0 Å². The summed E-state index contributed by atoms with van der Waals surface area (Å²) in [4.78, 5) is 2.21. The fraction of sp³-hybridized carbons (Fsp3) is 0.667. The topological polar surface area (TPSA) is 43.0 Å². The highest BCUT2D eigenvalue weighted by molar-refractivity contribution is 5.50. The van der Waals surface area contributed by atoms with Crippen LogP contribution in [0, 0.1) is 5.92 Å². The summed E-state index contributed by atoms with van der Waals surface area (Å²) in [6.45, 7) is 6.24. The fourth-order valence-corrected chi connectivity index (χ4v) is 2.72. The van der Waals surface area contributed by atoms with E-state index in [0.717, 1.165) is 36.6 Å². The van der Waals surface area contributed by atoms with E-state index in [4.69, 9.17) is 14.2 Å². The molecule has 0 spiro atoms. The molecule has 0 saturated heterocycles. The average Bonchev–Trinajstić information content (AvgIpc) is 2.50. The Labute approximate surface area is 140 Å². The van der Waals surface area contributed by atoms with Crippen LogP contribution in [-0.2, 0) is 6.54 Å². The van der Waals surface area contributed by atoms with Crippen LogP contribution in [0.4, 0.5) is 0 Å². The number of hydrogen-bond donors (Lipinski definition) is 1. The van der Waals surface area contributed by atoms with Crippen molar-refractivity contribution in [3.8, 4) is 17.2 Å². The molecule has 0 bridgehead atoms. The van der Waals surface area contributed by atoms with Crippen LogP contribution in [0.15, 0.2) is 12.1 Å². The summed E-state index contributed by atoms with van der Waals surface area (Å²) in [6, 6.07) is 4.29. The molecule has 0 saturated carbocycles. The number of nitrogens with one attached hydrogen (secondary N) is 1. The molecule has 23 heavy (non-hydrogen) atoms. The Balaban J connectivity index is 2.88. The molecule has 5 heteroatoms. The van der Waals surface area contributed by atoms with Crippen molar-refractivity contribution < 1.29 is 14.2 Å². The molecule has 0 aliphatic rings. The Bertz CT molecular complexity index is 466. The molecule has 0 heterocycles. The van der Waals surface area contributed by atoms with Gasteiger partial charge in [-0.15, -0.1) is 0 Å². The SMILES string of the molecule is COc1cc(OC)c(OC)cc1CNC(CC(C)C)CN(C)C. The zero-order valence-corrected chi connectivity index (χ0v) is 15.6. The third kappa shape index (κ3) is 6.28. The first kappa shape index (κ1) is 19.6. The van der Waals surface area contributed by atoms with Crippen LogP contribution in [0.3, 0.4) is 0 Å². The van der Waals surface area contributed by atoms with E-state index in [9.17, 15) is 0 Å². The molecule has 1 unspecified atom stereocenters. The summed E-state index contributed by atoms with van der Waals surface area (Å²) in [7, 11) is 9.16. The molecule has 0 aliphatic carbocycles. The second-order valence-electron chi connectivity index (χ2n) is 6.49. The number of methoxy groups -OCH3 is 3. The van der Waals surface area contributed by atoms with Crippen molar-refractivity contribution in [2.45, 2.75) is 32.9 Å². The predicted octanol–water partition coefficient (Wildman–Crippen LogP) is 2.78. The van der Waals surface area contributed by atoms with Crippen molar-refractivity contribution in [1.29, 1.82) is 0 Å². The van der Waals surface area contributed by atoms with Gasteiger partial charge in [0.15, 0.2) is 11.5 Å². The van der Waals surface area contributed by atoms with Gasteiger partial charge in [-0.3, -0.25) is 0 Å². The molecule has 1 aromatic rings. The van der Waals surface area contributed by atoms with Gasteiger partial charge >= 0.3 is 0 Å². The average molecular weight is 324 g/mol. The first-order chi connectivity index (χ1) is 10.9. The normalized spacial score (nSPS) is 12.6. The minimum Gasteiger partial charge on any atom is -0.496 e. The highest BCUT2D eigenvalue weighted by Gasteiger charge is 2.15. The van der Waals surface area contributed by atoms with Crippen LogP contribution in [-0.4, -0.2) is 52.9 Å². The van der Waals surface area contributed by atoms with Gasteiger partial charge in [-0.2, -0.15) is 0 Å². The number of ether oxygens (including phenoxy) is 3. The summed E-state index contributed by atoms with van der Waals surface area (Å²) in [5.41, 5.74) is 1.07. The molecule has 0 fully saturated rings. The maximum atomic E-state index is 5.50. The Morgan fingerprint density at radius 2 is 1.52 bits per heavy atom. The first-order valence-electron chi connectivity index (χ1n) is 8.08. The quantitative estimate of drug-likeness (QED) is 0.717. The summed E-state index contributed by atoms with van der Waals surface area (Å²) < 4.78 is 16.2. The van der Waals surface area contributed by atoms with Crippen LogP contribution in [0.5, 0.6) is 17.2 Å². The Morgan fingerprint density at radius 1 is 0.957 bits per heavy atom. The van der Waals surface area contributed by atoms with Crippen LogP contribution in [0.2, 0.25) is 0 Å². The molecule has 1 N–H and O–H groups in total. The van der Waals surface area contributed by atoms with Crippen LogP contribution in [0.1, 0.15) is 25.8 Å². The zero-order valence-electron chi connectivity index (χ0n) is 15.6. The van der Waals surface area contributed by atoms with Crippen LogP contribution in [0.25, 0.3) is 0 Å². The zero-order chi connectivity index (χ0) is 17.4. The van der Waals surface area contributed by atoms with E-state index in [-0.39, 0.29) is 0 Å². The van der Waals surface area contributed by atoms with E-state index < -0.39 is 0 Å². The molecule has 1 aromatic carbocycles. The number of hydrogen-bond acceptors (Lipinski definition) is 5. The lowest BCUT2D eigenvalue weighted by molar-refractivity contribution is 0.302. The lowest BCUT2D eigenvalue weighted by atomic mass is 10.0. The van der Waals surface area contributed by atoms with E-state index in [0.29, 0.717) is 17.7 Å². The molecule has 1 atom stereocenters. The van der Waals surface area contributed by atoms with Crippen molar-refractivity contribution in [2.75, 3.05) is 42.0 Å². The van der Waals surface area contributed by atoms with Gasteiger partial charge in [0, 0.05) is 30.8 Å². The molecule has 0 aromatic heterocycles. The van der Waals surface area contributed by atoms with Gasteiger partial charge in [0.1, 0.15) is 5.75 Å². The summed E-state index contributed by atoms with van der Waals surface area (Å²) >= 11 is 0. The number of rotatable bonds is 10. The Kier molecular flexibility index (Phi) is 8.20. The minimum atomic E-state index is 0.433. The molecule has 0 amide bonds. The van der Waals surface area contributed by atoms with Crippen LogP contribution >= 0.6 is 0 Å². The molecule has 5 nitrogen and oxygen atoms in total. The number of nitrogens with zero attached hydrogens (tertiary/aromatic N) is 1. The lowest BCUT2D eigenvalue weighted by Crippen LogP contribution is -2.38. The molecular formula is C18H32N2O3. The molecular weight excluding hydrogens is 292 g/mol. The van der Waals surface area contributed by atoms with Crippen LogP contribution < -0.4 is 19.5 Å². The fourth-order valence-electron chi connectivity index (χ4n) is 2.72. The van der Waals surface area contributed by atoms with Crippen molar-refractivity contribution in [3.63, 3.8) is 0 Å². The van der Waals surface area contributed by atoms with Gasteiger partial charge in [-0.05, 0) is 32.5 Å². The second-order valence-corrected chi connectivity index (χ2v) is 6.49. The maximum absolute atomic E-state index is 5.50. The van der Waals surface area contributed by atoms with Gasteiger partial charge < -0.3 is 24.4 Å². The van der Waals surface area contributed by atoms with E-state index in [1.165, 1.54) is 0 Å².